The summed E-state index contributed by atoms with van der Waals surface area (Å²) < 4.78 is 0. The van der Waals surface area contributed by atoms with Gasteiger partial charge in [-0.2, -0.15) is 0 Å². The van der Waals surface area contributed by atoms with Gasteiger partial charge in [0.05, 0.1) is 0 Å². The van der Waals surface area contributed by atoms with Crippen molar-refractivity contribution in [2.75, 3.05) is 6.54 Å². The van der Waals surface area contributed by atoms with Crippen LogP contribution >= 0.6 is 23.2 Å². The minimum atomic E-state index is -1.33. The maximum Gasteiger partial charge on any atom is 0.325 e. The summed E-state index contributed by atoms with van der Waals surface area (Å²) in [5.41, 5.74) is -1.04. The van der Waals surface area contributed by atoms with Crippen LogP contribution in [0, 0.1) is 17.8 Å². The van der Waals surface area contributed by atoms with Crippen molar-refractivity contribution in [3.63, 3.8) is 0 Å². The van der Waals surface area contributed by atoms with Crippen LogP contribution in [0.2, 0.25) is 10.0 Å². The Balaban J connectivity index is 1.31. The zero-order valence-electron chi connectivity index (χ0n) is 16.8. The highest BCUT2D eigenvalue weighted by atomic mass is 35.5. The quantitative estimate of drug-likeness (QED) is 0.685. The summed E-state index contributed by atoms with van der Waals surface area (Å²) in [4.78, 5) is 39.6. The molecule has 30 heavy (non-hydrogen) atoms. The second kappa shape index (κ2) is 6.86. The van der Waals surface area contributed by atoms with Gasteiger partial charge in [0.2, 0.25) is 5.91 Å². The summed E-state index contributed by atoms with van der Waals surface area (Å²) in [5, 5.41) is 6.65. The molecule has 1 heterocycles. The van der Waals surface area contributed by atoms with Crippen LogP contribution in [0.1, 0.15) is 51.0 Å². The third-order valence-corrected chi connectivity index (χ3v) is 8.04. The molecule has 2 N–H and O–H groups in total. The molecule has 1 aliphatic heterocycles. The topological polar surface area (TPSA) is 78.5 Å². The lowest BCUT2D eigenvalue weighted by molar-refractivity contribution is -0.136. The van der Waals surface area contributed by atoms with Crippen LogP contribution in [-0.2, 0) is 15.1 Å². The van der Waals surface area contributed by atoms with Crippen LogP contribution in [-0.4, -0.2) is 34.8 Å². The summed E-state index contributed by atoms with van der Waals surface area (Å²) in [6.45, 7) is 1.31. The lowest BCUT2D eigenvalue weighted by Gasteiger charge is -2.56. The molecule has 0 spiro atoms. The molecule has 0 radical (unpaired) electrons. The monoisotopic (exact) mass is 449 g/mol. The normalized spacial score (nSPS) is 36.9. The number of halogens is 2. The zero-order chi connectivity index (χ0) is 21.3. The Morgan fingerprint density at radius 2 is 1.73 bits per heavy atom. The van der Waals surface area contributed by atoms with E-state index in [1.807, 2.05) is 0 Å². The second-order valence-electron chi connectivity index (χ2n) is 9.82. The lowest BCUT2D eigenvalue weighted by Crippen LogP contribution is -2.61. The third kappa shape index (κ3) is 3.19. The fraction of sp³-hybridized carbons (Fsp3) is 0.591. The summed E-state index contributed by atoms with van der Waals surface area (Å²) in [6, 6.07) is 4.19. The number of rotatable bonds is 4. The van der Waals surface area contributed by atoms with Crippen LogP contribution in [0.15, 0.2) is 18.2 Å². The Morgan fingerprint density at radius 1 is 1.13 bits per heavy atom. The maximum atomic E-state index is 13.1. The van der Waals surface area contributed by atoms with Crippen LogP contribution in [0.25, 0.3) is 0 Å². The summed E-state index contributed by atoms with van der Waals surface area (Å²) >= 11 is 12.2. The maximum absolute atomic E-state index is 13.1. The predicted molar refractivity (Wildman–Crippen MR) is 113 cm³/mol. The van der Waals surface area contributed by atoms with Crippen molar-refractivity contribution in [1.82, 2.24) is 15.5 Å². The molecule has 4 aliphatic carbocycles. The molecule has 8 heteroatoms. The molecule has 1 atom stereocenters. The van der Waals surface area contributed by atoms with Gasteiger partial charge in [-0.1, -0.05) is 29.3 Å². The molecule has 1 aromatic rings. The Morgan fingerprint density at radius 3 is 2.30 bits per heavy atom. The highest BCUT2D eigenvalue weighted by molar-refractivity contribution is 6.35. The summed E-state index contributed by atoms with van der Waals surface area (Å²) in [6.07, 6.45) is 6.89. The predicted octanol–water partition coefficient (Wildman–Crippen LogP) is 3.85. The van der Waals surface area contributed by atoms with E-state index in [-0.39, 0.29) is 18.0 Å². The lowest BCUT2D eigenvalue weighted by atomic mass is 9.53. The number of carbonyl (C=O) groups is 3. The van der Waals surface area contributed by atoms with Crippen molar-refractivity contribution in [2.45, 2.75) is 56.5 Å². The summed E-state index contributed by atoms with van der Waals surface area (Å²) in [5.74, 6) is 1.33. The van der Waals surface area contributed by atoms with Crippen molar-refractivity contribution in [2.24, 2.45) is 17.8 Å². The average molecular weight is 450 g/mol. The van der Waals surface area contributed by atoms with Crippen molar-refractivity contribution < 1.29 is 14.4 Å². The standard InChI is InChI=1S/C22H25Cl2N3O3/c1-21(16-3-2-15(23)7-17(16)24)19(29)27(20(30)26-21)11-18(28)25-22-8-12-4-13(9-22)6-14(5-12)10-22/h2-3,7,12-14H,4-6,8-11H2,1H3,(H,25,28)(H,26,30). The molecule has 6 nitrogen and oxygen atoms in total. The van der Waals surface area contributed by atoms with Gasteiger partial charge in [-0.15, -0.1) is 0 Å². The smallest absolute Gasteiger partial charge is 0.325 e. The van der Waals surface area contributed by atoms with Gasteiger partial charge < -0.3 is 10.6 Å². The number of urea groups is 1. The molecule has 160 valence electrons. The molecular formula is C22H25Cl2N3O3. The fourth-order valence-electron chi connectivity index (χ4n) is 6.66. The molecule has 4 bridgehead atoms. The van der Waals surface area contributed by atoms with E-state index in [1.165, 1.54) is 25.3 Å². The van der Waals surface area contributed by atoms with Crippen LogP contribution in [0.4, 0.5) is 4.79 Å². The van der Waals surface area contributed by atoms with E-state index >= 15 is 0 Å². The van der Waals surface area contributed by atoms with Crippen molar-refractivity contribution in [3.8, 4) is 0 Å². The SMILES string of the molecule is CC1(c2ccc(Cl)cc2Cl)NC(=O)N(CC(=O)NC23CC4CC(CC(C4)C2)C3)C1=O. The molecule has 4 saturated carbocycles. The first kappa shape index (κ1) is 20.1. The molecule has 5 fully saturated rings. The molecule has 1 aromatic carbocycles. The number of amides is 4. The Bertz CT molecular complexity index is 914. The van der Waals surface area contributed by atoms with E-state index in [4.69, 9.17) is 23.2 Å². The number of imide groups is 1. The Hall–Kier alpha value is -1.79. The van der Waals surface area contributed by atoms with E-state index in [0.29, 0.717) is 33.4 Å². The fourth-order valence-corrected chi connectivity index (χ4v) is 7.26. The first-order chi connectivity index (χ1) is 14.2. The van der Waals surface area contributed by atoms with Crippen molar-refractivity contribution in [3.05, 3.63) is 33.8 Å². The van der Waals surface area contributed by atoms with Gasteiger partial charge in [0, 0.05) is 21.1 Å². The van der Waals surface area contributed by atoms with Gasteiger partial charge in [-0.25, -0.2) is 4.79 Å². The van der Waals surface area contributed by atoms with Gasteiger partial charge >= 0.3 is 6.03 Å². The Kier molecular flexibility index (Phi) is 4.60. The summed E-state index contributed by atoms with van der Waals surface area (Å²) in [7, 11) is 0. The molecule has 0 aromatic heterocycles. The highest BCUT2D eigenvalue weighted by Gasteiger charge is 2.53. The first-order valence-electron chi connectivity index (χ1n) is 10.6. The van der Waals surface area contributed by atoms with Gasteiger partial charge in [0.1, 0.15) is 12.1 Å². The molecule has 1 unspecified atom stereocenters. The van der Waals surface area contributed by atoms with E-state index in [0.717, 1.165) is 24.2 Å². The van der Waals surface area contributed by atoms with Gasteiger partial charge in [-0.3, -0.25) is 14.5 Å². The number of nitrogens with one attached hydrogen (secondary N) is 2. The van der Waals surface area contributed by atoms with Crippen LogP contribution < -0.4 is 10.6 Å². The van der Waals surface area contributed by atoms with Crippen LogP contribution in [0.3, 0.4) is 0 Å². The number of benzene rings is 1. The van der Waals surface area contributed by atoms with E-state index in [1.54, 1.807) is 19.1 Å². The minimum Gasteiger partial charge on any atom is -0.349 e. The van der Waals surface area contributed by atoms with Gasteiger partial charge in [0.15, 0.2) is 0 Å². The number of hydrogen-bond donors (Lipinski definition) is 2. The van der Waals surface area contributed by atoms with Gasteiger partial charge in [0.25, 0.3) is 5.91 Å². The van der Waals surface area contributed by atoms with E-state index in [2.05, 4.69) is 10.6 Å². The zero-order valence-corrected chi connectivity index (χ0v) is 18.4. The van der Waals surface area contributed by atoms with Crippen molar-refractivity contribution in [1.29, 1.82) is 0 Å². The third-order valence-electron chi connectivity index (χ3n) is 7.49. The average Bonchev–Trinajstić information content (AvgIpc) is 2.83. The minimum absolute atomic E-state index is 0.159. The Labute approximate surface area is 185 Å². The molecule has 1 saturated heterocycles. The molecule has 4 amide bonds. The highest BCUT2D eigenvalue weighted by Crippen LogP contribution is 2.55. The molecule has 6 rings (SSSR count). The van der Waals surface area contributed by atoms with Gasteiger partial charge in [-0.05, 0) is 75.3 Å². The van der Waals surface area contributed by atoms with Crippen LogP contribution in [0.5, 0.6) is 0 Å². The van der Waals surface area contributed by atoms with E-state index < -0.39 is 17.5 Å². The molecular weight excluding hydrogens is 425 g/mol. The number of hydrogen-bond acceptors (Lipinski definition) is 3. The second-order valence-corrected chi connectivity index (χ2v) is 10.7. The number of nitrogens with zero attached hydrogens (tertiary/aromatic N) is 1. The number of carbonyl (C=O) groups excluding carboxylic acids is 3. The largest absolute Gasteiger partial charge is 0.349 e. The van der Waals surface area contributed by atoms with Crippen molar-refractivity contribution >= 4 is 41.0 Å². The first-order valence-corrected chi connectivity index (χ1v) is 11.3. The molecule has 5 aliphatic rings. The van der Waals surface area contributed by atoms with E-state index in [9.17, 15) is 14.4 Å².